The zero-order valence-corrected chi connectivity index (χ0v) is 12.6. The summed E-state index contributed by atoms with van der Waals surface area (Å²) >= 11 is 0. The number of nitrogens with one attached hydrogen (secondary N) is 2. The number of aromatic nitrogens is 2. The minimum Gasteiger partial charge on any atom is -0.467 e. The minimum atomic E-state index is -0.428. The highest BCUT2D eigenvalue weighted by molar-refractivity contribution is 6.03. The van der Waals surface area contributed by atoms with Crippen molar-refractivity contribution in [3.8, 4) is 6.07 Å². The molecule has 3 rings (SSSR count). The van der Waals surface area contributed by atoms with Gasteiger partial charge in [0.1, 0.15) is 17.6 Å². The Morgan fingerprint density at radius 2 is 2.00 bits per heavy atom. The molecule has 0 aliphatic carbocycles. The van der Waals surface area contributed by atoms with Gasteiger partial charge in [0.25, 0.3) is 5.91 Å². The van der Waals surface area contributed by atoms with E-state index >= 15 is 0 Å². The van der Waals surface area contributed by atoms with Crippen LogP contribution in [0.25, 0.3) is 0 Å². The van der Waals surface area contributed by atoms with Crippen LogP contribution in [0.1, 0.15) is 21.8 Å². The van der Waals surface area contributed by atoms with Crippen molar-refractivity contribution in [3.05, 3.63) is 71.8 Å². The maximum absolute atomic E-state index is 12.2. The second kappa shape index (κ2) is 7.07. The molecule has 3 aromatic rings. The number of nitrogens with zero attached hydrogens (tertiary/aromatic N) is 3. The largest absolute Gasteiger partial charge is 0.467 e. The quantitative estimate of drug-likeness (QED) is 0.749. The van der Waals surface area contributed by atoms with Crippen LogP contribution in [-0.2, 0) is 6.54 Å². The van der Waals surface area contributed by atoms with Crippen LogP contribution in [0.4, 0.5) is 11.5 Å². The van der Waals surface area contributed by atoms with Gasteiger partial charge in [-0.05, 0) is 36.4 Å². The highest BCUT2D eigenvalue weighted by Crippen LogP contribution is 2.14. The lowest BCUT2D eigenvalue weighted by Crippen LogP contribution is -2.15. The summed E-state index contributed by atoms with van der Waals surface area (Å²) in [5.74, 6) is 0.870. The Labute approximate surface area is 137 Å². The molecule has 0 radical (unpaired) electrons. The summed E-state index contributed by atoms with van der Waals surface area (Å²) in [5, 5.41) is 22.6. The molecule has 0 unspecified atom stereocenters. The normalized spacial score (nSPS) is 9.96. The van der Waals surface area contributed by atoms with Crippen LogP contribution in [0.2, 0.25) is 0 Å². The summed E-state index contributed by atoms with van der Waals surface area (Å²) in [4.78, 5) is 12.2. The predicted molar refractivity (Wildman–Crippen MR) is 87.2 cm³/mol. The fourth-order valence-corrected chi connectivity index (χ4v) is 2.01. The average molecular weight is 319 g/mol. The third-order valence-corrected chi connectivity index (χ3v) is 3.22. The fourth-order valence-electron chi connectivity index (χ4n) is 2.01. The third kappa shape index (κ3) is 3.56. The van der Waals surface area contributed by atoms with E-state index in [0.29, 0.717) is 23.6 Å². The number of amides is 1. The molecule has 1 amide bonds. The van der Waals surface area contributed by atoms with Gasteiger partial charge < -0.3 is 15.1 Å². The lowest BCUT2D eigenvalue weighted by Gasteiger charge is -2.07. The first-order chi connectivity index (χ1) is 11.8. The summed E-state index contributed by atoms with van der Waals surface area (Å²) in [6.07, 6.45) is 1.59. The molecule has 2 aromatic heterocycles. The molecule has 7 nitrogen and oxygen atoms in total. The lowest BCUT2D eigenvalue weighted by atomic mass is 10.2. The summed E-state index contributed by atoms with van der Waals surface area (Å²) in [5.41, 5.74) is 0.980. The van der Waals surface area contributed by atoms with Crippen LogP contribution in [0.3, 0.4) is 0 Å². The smallest absolute Gasteiger partial charge is 0.276 e. The molecule has 0 saturated carbocycles. The van der Waals surface area contributed by atoms with Crippen molar-refractivity contribution in [1.29, 1.82) is 5.26 Å². The first kappa shape index (κ1) is 15.2. The van der Waals surface area contributed by atoms with E-state index in [0.717, 1.165) is 5.76 Å². The van der Waals surface area contributed by atoms with Gasteiger partial charge in [-0.25, -0.2) is 0 Å². The van der Waals surface area contributed by atoms with Crippen molar-refractivity contribution in [2.75, 3.05) is 10.6 Å². The fraction of sp³-hybridized carbons (Fsp3) is 0.0588. The van der Waals surface area contributed by atoms with Gasteiger partial charge in [-0.3, -0.25) is 4.79 Å². The number of benzene rings is 1. The van der Waals surface area contributed by atoms with E-state index in [2.05, 4.69) is 20.8 Å². The summed E-state index contributed by atoms with van der Waals surface area (Å²) in [7, 11) is 0. The molecule has 24 heavy (non-hydrogen) atoms. The zero-order chi connectivity index (χ0) is 16.8. The number of hydrogen-bond acceptors (Lipinski definition) is 6. The predicted octanol–water partition coefficient (Wildman–Crippen LogP) is 2.81. The van der Waals surface area contributed by atoms with E-state index in [1.165, 1.54) is 0 Å². The number of para-hydroxylation sites is 1. The highest BCUT2D eigenvalue weighted by Gasteiger charge is 2.11. The van der Waals surface area contributed by atoms with E-state index in [9.17, 15) is 4.79 Å². The van der Waals surface area contributed by atoms with Crippen LogP contribution in [0, 0.1) is 11.3 Å². The summed E-state index contributed by atoms with van der Waals surface area (Å²) in [6.45, 7) is 0.475. The van der Waals surface area contributed by atoms with E-state index in [-0.39, 0.29) is 5.69 Å². The molecule has 0 aliphatic heterocycles. The van der Waals surface area contributed by atoms with Crippen molar-refractivity contribution < 1.29 is 9.21 Å². The van der Waals surface area contributed by atoms with Crippen LogP contribution >= 0.6 is 0 Å². The molecule has 0 spiro atoms. The Kier molecular flexibility index (Phi) is 4.49. The Morgan fingerprint density at radius 3 is 2.71 bits per heavy atom. The van der Waals surface area contributed by atoms with Gasteiger partial charge in [0.2, 0.25) is 0 Å². The maximum atomic E-state index is 12.2. The Balaban J connectivity index is 1.64. The first-order valence-corrected chi connectivity index (χ1v) is 7.17. The molecule has 0 bridgehead atoms. The number of nitriles is 1. The zero-order valence-electron chi connectivity index (χ0n) is 12.6. The van der Waals surface area contributed by atoms with Crippen LogP contribution < -0.4 is 10.6 Å². The van der Waals surface area contributed by atoms with Crippen LogP contribution in [0.5, 0.6) is 0 Å². The van der Waals surface area contributed by atoms with Gasteiger partial charge in [0.05, 0.1) is 24.1 Å². The van der Waals surface area contributed by atoms with E-state index in [1.807, 2.05) is 12.1 Å². The monoisotopic (exact) mass is 319 g/mol. The third-order valence-electron chi connectivity index (χ3n) is 3.22. The molecular weight excluding hydrogens is 306 g/mol. The second-order valence-electron chi connectivity index (χ2n) is 4.85. The van der Waals surface area contributed by atoms with Gasteiger partial charge >= 0.3 is 0 Å². The van der Waals surface area contributed by atoms with Crippen molar-refractivity contribution in [2.24, 2.45) is 0 Å². The molecule has 0 saturated heterocycles. The second-order valence-corrected chi connectivity index (χ2v) is 4.85. The van der Waals surface area contributed by atoms with Gasteiger partial charge in [0.15, 0.2) is 5.69 Å². The molecule has 0 aliphatic rings. The number of carbonyl (C=O) groups is 1. The number of rotatable bonds is 5. The van der Waals surface area contributed by atoms with Crippen molar-refractivity contribution in [1.82, 2.24) is 10.2 Å². The van der Waals surface area contributed by atoms with Crippen molar-refractivity contribution in [2.45, 2.75) is 6.54 Å². The molecule has 0 atom stereocenters. The van der Waals surface area contributed by atoms with Crippen molar-refractivity contribution >= 4 is 17.4 Å². The molecule has 1 aromatic carbocycles. The van der Waals surface area contributed by atoms with Gasteiger partial charge in [-0.2, -0.15) is 5.26 Å². The van der Waals surface area contributed by atoms with Crippen LogP contribution in [0.15, 0.2) is 59.2 Å². The van der Waals surface area contributed by atoms with Crippen LogP contribution in [-0.4, -0.2) is 16.1 Å². The molecule has 118 valence electrons. The highest BCUT2D eigenvalue weighted by atomic mass is 16.3. The average Bonchev–Trinajstić information content (AvgIpc) is 3.14. The summed E-state index contributed by atoms with van der Waals surface area (Å²) < 4.78 is 5.20. The van der Waals surface area contributed by atoms with Gasteiger partial charge in [-0.1, -0.05) is 12.1 Å². The SMILES string of the molecule is N#Cc1ccccc1NC(=O)c1ccc(NCc2ccco2)nn1. The molecule has 7 heteroatoms. The Hall–Kier alpha value is -3.66. The van der Waals surface area contributed by atoms with E-state index < -0.39 is 5.91 Å². The van der Waals surface area contributed by atoms with Gasteiger partial charge in [0, 0.05) is 0 Å². The first-order valence-electron chi connectivity index (χ1n) is 7.17. The molecular formula is C17H13N5O2. The topological polar surface area (TPSA) is 104 Å². The van der Waals surface area contributed by atoms with E-state index in [1.54, 1.807) is 48.7 Å². The number of hydrogen-bond donors (Lipinski definition) is 2. The standard InChI is InChI=1S/C17H13N5O2/c18-10-12-4-1-2-6-14(12)20-17(23)15-7-8-16(22-21-15)19-11-13-5-3-9-24-13/h1-9H,11H2,(H,19,22)(H,20,23). The molecule has 2 N–H and O–H groups in total. The Bertz CT molecular complexity index is 867. The van der Waals surface area contributed by atoms with Crippen molar-refractivity contribution in [3.63, 3.8) is 0 Å². The maximum Gasteiger partial charge on any atom is 0.276 e. The minimum absolute atomic E-state index is 0.159. The number of furan rings is 1. The number of anilines is 2. The number of carbonyl (C=O) groups excluding carboxylic acids is 1. The molecule has 2 heterocycles. The van der Waals surface area contributed by atoms with E-state index in [4.69, 9.17) is 9.68 Å². The summed E-state index contributed by atoms with van der Waals surface area (Å²) in [6, 6.07) is 15.6. The Morgan fingerprint density at radius 1 is 1.12 bits per heavy atom. The van der Waals surface area contributed by atoms with Gasteiger partial charge in [-0.15, -0.1) is 10.2 Å². The molecule has 0 fully saturated rings. The lowest BCUT2D eigenvalue weighted by molar-refractivity contribution is 0.102.